The van der Waals surface area contributed by atoms with Gasteiger partial charge in [-0.1, -0.05) is 20.3 Å². The van der Waals surface area contributed by atoms with Crippen LogP contribution in [0.5, 0.6) is 0 Å². The first-order chi connectivity index (χ1) is 7.85. The van der Waals surface area contributed by atoms with E-state index in [-0.39, 0.29) is 5.75 Å². The minimum Gasteiger partial charge on any atom is -0.355 e. The molecule has 0 aromatic heterocycles. The van der Waals surface area contributed by atoms with Gasteiger partial charge in [0.25, 0.3) is 0 Å². The Morgan fingerprint density at radius 2 is 1.94 bits per heavy atom. The number of nitrogens with two attached hydrogens (primary N) is 1. The molecule has 0 aliphatic carbocycles. The van der Waals surface area contributed by atoms with Crippen LogP contribution >= 0.6 is 0 Å². The lowest BCUT2D eigenvalue weighted by molar-refractivity contribution is -0.120. The van der Waals surface area contributed by atoms with Crippen molar-refractivity contribution in [3.8, 4) is 0 Å². The van der Waals surface area contributed by atoms with E-state index in [1.54, 1.807) is 0 Å². The summed E-state index contributed by atoms with van der Waals surface area (Å²) in [6, 6.07) is -0.397. The number of hydrogen-bond donors (Lipinski definition) is 2. The molecule has 102 valence electrons. The number of hydrogen-bond acceptors (Lipinski definition) is 4. The van der Waals surface area contributed by atoms with Gasteiger partial charge in [0, 0.05) is 12.6 Å². The van der Waals surface area contributed by atoms with Gasteiger partial charge in [-0.25, -0.2) is 8.42 Å². The normalized spacial score (nSPS) is 15.3. The quantitative estimate of drug-likeness (QED) is 0.623. The molecule has 6 heteroatoms. The number of carbonyl (C=O) groups is 1. The Labute approximate surface area is 104 Å². The van der Waals surface area contributed by atoms with Crippen molar-refractivity contribution in [2.45, 2.75) is 51.3 Å². The van der Waals surface area contributed by atoms with E-state index in [1.165, 1.54) is 6.92 Å². The third-order valence-electron chi connectivity index (χ3n) is 2.71. The van der Waals surface area contributed by atoms with E-state index in [0.29, 0.717) is 13.0 Å². The summed E-state index contributed by atoms with van der Waals surface area (Å²) in [6.07, 6.45) is 2.40. The fraction of sp³-hybridized carbons (Fsp3) is 0.909. The predicted molar refractivity (Wildman–Crippen MR) is 69.4 cm³/mol. The van der Waals surface area contributed by atoms with Gasteiger partial charge in [-0.15, -0.1) is 0 Å². The number of amides is 1. The van der Waals surface area contributed by atoms with Gasteiger partial charge in [0.15, 0.2) is 9.84 Å². The van der Waals surface area contributed by atoms with Crippen LogP contribution in [0.4, 0.5) is 0 Å². The zero-order valence-electron chi connectivity index (χ0n) is 10.9. The maximum absolute atomic E-state index is 11.8. The molecule has 0 bridgehead atoms. The van der Waals surface area contributed by atoms with Crippen LogP contribution in [0.3, 0.4) is 0 Å². The first-order valence-corrected chi connectivity index (χ1v) is 7.81. The van der Waals surface area contributed by atoms with Crippen LogP contribution in [0.25, 0.3) is 0 Å². The highest BCUT2D eigenvalue weighted by Crippen LogP contribution is 2.05. The molecule has 0 aliphatic rings. The summed E-state index contributed by atoms with van der Waals surface area (Å²) >= 11 is 0. The number of rotatable bonds is 8. The lowest BCUT2D eigenvalue weighted by Crippen LogP contribution is -2.42. The van der Waals surface area contributed by atoms with Crippen molar-refractivity contribution in [1.82, 2.24) is 5.32 Å². The van der Waals surface area contributed by atoms with Crippen LogP contribution in [-0.4, -0.2) is 37.9 Å². The molecule has 0 aromatic rings. The monoisotopic (exact) mass is 264 g/mol. The van der Waals surface area contributed by atoms with Gasteiger partial charge in [-0.2, -0.15) is 0 Å². The second-order valence-electron chi connectivity index (χ2n) is 4.28. The minimum absolute atomic E-state index is 0.133. The van der Waals surface area contributed by atoms with Crippen LogP contribution in [0.2, 0.25) is 0 Å². The maximum atomic E-state index is 11.8. The highest BCUT2D eigenvalue weighted by molar-refractivity contribution is 7.92. The lowest BCUT2D eigenvalue weighted by Gasteiger charge is -2.15. The fourth-order valence-corrected chi connectivity index (χ4v) is 2.79. The standard InChI is InChI=1S/C11H24N2O3S/c1-4-6-7-13-11(14)9(3)17(15,16)8-10(12)5-2/h9-10H,4-8,12H2,1-3H3,(H,13,14). The van der Waals surface area contributed by atoms with Crippen molar-refractivity contribution in [1.29, 1.82) is 0 Å². The summed E-state index contributed by atoms with van der Waals surface area (Å²) < 4.78 is 23.7. The summed E-state index contributed by atoms with van der Waals surface area (Å²) in [4.78, 5) is 11.6. The van der Waals surface area contributed by atoms with E-state index < -0.39 is 27.0 Å². The summed E-state index contributed by atoms with van der Waals surface area (Å²) in [6.45, 7) is 5.77. The Morgan fingerprint density at radius 1 is 1.35 bits per heavy atom. The van der Waals surface area contributed by atoms with Gasteiger partial charge in [0.2, 0.25) is 5.91 Å². The van der Waals surface area contributed by atoms with Crippen molar-refractivity contribution in [3.63, 3.8) is 0 Å². The highest BCUT2D eigenvalue weighted by Gasteiger charge is 2.28. The van der Waals surface area contributed by atoms with E-state index in [4.69, 9.17) is 5.73 Å². The average molecular weight is 264 g/mol. The number of carbonyl (C=O) groups excluding carboxylic acids is 1. The molecule has 0 aliphatic heterocycles. The molecule has 0 rings (SSSR count). The molecule has 0 radical (unpaired) electrons. The Kier molecular flexibility index (Phi) is 7.38. The van der Waals surface area contributed by atoms with Gasteiger partial charge in [-0.3, -0.25) is 4.79 Å². The van der Waals surface area contributed by atoms with Crippen molar-refractivity contribution in [3.05, 3.63) is 0 Å². The first-order valence-electron chi connectivity index (χ1n) is 6.10. The zero-order valence-corrected chi connectivity index (χ0v) is 11.7. The smallest absolute Gasteiger partial charge is 0.238 e. The molecule has 3 N–H and O–H groups in total. The first kappa shape index (κ1) is 16.4. The topological polar surface area (TPSA) is 89.3 Å². The third kappa shape index (κ3) is 6.02. The van der Waals surface area contributed by atoms with Crippen LogP contribution in [-0.2, 0) is 14.6 Å². The van der Waals surface area contributed by atoms with Crippen LogP contribution in [0.1, 0.15) is 40.0 Å². The zero-order chi connectivity index (χ0) is 13.5. The van der Waals surface area contributed by atoms with Crippen LogP contribution in [0.15, 0.2) is 0 Å². The molecule has 2 unspecified atom stereocenters. The van der Waals surface area contributed by atoms with Gasteiger partial charge >= 0.3 is 0 Å². The Bertz CT molecular complexity index is 328. The molecule has 0 aromatic carbocycles. The van der Waals surface area contributed by atoms with Crippen molar-refractivity contribution < 1.29 is 13.2 Å². The van der Waals surface area contributed by atoms with E-state index in [9.17, 15) is 13.2 Å². The van der Waals surface area contributed by atoms with Crippen LogP contribution < -0.4 is 11.1 Å². The minimum atomic E-state index is -3.45. The van der Waals surface area contributed by atoms with Crippen molar-refractivity contribution >= 4 is 15.7 Å². The number of nitrogens with one attached hydrogen (secondary N) is 1. The van der Waals surface area contributed by atoms with Crippen molar-refractivity contribution in [2.24, 2.45) is 5.73 Å². The highest BCUT2D eigenvalue weighted by atomic mass is 32.2. The number of unbranched alkanes of at least 4 members (excludes halogenated alkanes) is 1. The van der Waals surface area contributed by atoms with Gasteiger partial charge < -0.3 is 11.1 Å². The molecule has 2 atom stereocenters. The summed E-state index contributed by atoms with van der Waals surface area (Å²) in [5.74, 6) is -0.562. The van der Waals surface area contributed by atoms with Crippen LogP contribution in [0, 0.1) is 0 Å². The molecular formula is C11H24N2O3S. The molecule has 17 heavy (non-hydrogen) atoms. The molecule has 0 fully saturated rings. The summed E-state index contributed by atoms with van der Waals surface area (Å²) in [5.41, 5.74) is 5.61. The van der Waals surface area contributed by atoms with Gasteiger partial charge in [0.05, 0.1) is 5.75 Å². The predicted octanol–water partition coefficient (Wildman–Crippen LogP) is 0.443. The molecule has 1 amide bonds. The summed E-state index contributed by atoms with van der Waals surface area (Å²) in [5, 5.41) is 1.61. The molecule has 0 heterocycles. The van der Waals surface area contributed by atoms with Gasteiger partial charge in [-0.05, 0) is 19.8 Å². The molecule has 0 spiro atoms. The molecule has 5 nitrogen and oxygen atoms in total. The number of sulfone groups is 1. The summed E-state index contributed by atoms with van der Waals surface area (Å²) in [7, 11) is -3.45. The molecule has 0 saturated carbocycles. The Balaban J connectivity index is 4.36. The van der Waals surface area contributed by atoms with E-state index in [1.807, 2.05) is 13.8 Å². The third-order valence-corrected chi connectivity index (χ3v) is 4.89. The van der Waals surface area contributed by atoms with E-state index in [2.05, 4.69) is 5.32 Å². The maximum Gasteiger partial charge on any atom is 0.238 e. The van der Waals surface area contributed by atoms with Gasteiger partial charge in [0.1, 0.15) is 5.25 Å². The lowest BCUT2D eigenvalue weighted by atomic mass is 10.3. The second-order valence-corrected chi connectivity index (χ2v) is 6.65. The Morgan fingerprint density at radius 3 is 2.41 bits per heavy atom. The fourth-order valence-electron chi connectivity index (χ4n) is 1.26. The molecule has 0 saturated heterocycles. The van der Waals surface area contributed by atoms with E-state index in [0.717, 1.165) is 12.8 Å². The molecular weight excluding hydrogens is 240 g/mol. The SMILES string of the molecule is CCCCNC(=O)C(C)S(=O)(=O)CC(N)CC. The van der Waals surface area contributed by atoms with Crippen molar-refractivity contribution in [2.75, 3.05) is 12.3 Å². The average Bonchev–Trinajstić information content (AvgIpc) is 2.27. The largest absolute Gasteiger partial charge is 0.355 e. The van der Waals surface area contributed by atoms with E-state index >= 15 is 0 Å². The second kappa shape index (κ2) is 7.66. The Hall–Kier alpha value is -0.620.